The molecule has 0 saturated carbocycles. The molecule has 2 aromatic rings. The maximum Gasteiger partial charge on any atom is 0.324 e. The Morgan fingerprint density at radius 2 is 1.78 bits per heavy atom. The zero-order chi connectivity index (χ0) is 18.8. The Balaban J connectivity index is 1.36. The molecule has 0 bridgehead atoms. The van der Waals surface area contributed by atoms with Gasteiger partial charge in [0.05, 0.1) is 6.04 Å². The number of nitrogens with zero attached hydrogens (tertiary/aromatic N) is 3. The molecule has 0 spiro atoms. The van der Waals surface area contributed by atoms with Gasteiger partial charge in [-0.15, -0.1) is 0 Å². The standard InChI is InChI=1S/C21H26N4O2/c1-16(20(26)25-10-9-22-21(25)27)24-13-11-23(12-14-24)15-18-7-4-6-17-5-2-3-8-19(17)18/h2-8,16H,9-15H2,1H3,(H,22,27)/t16-/m0/s1. The van der Waals surface area contributed by atoms with Gasteiger partial charge in [0, 0.05) is 45.8 Å². The van der Waals surface area contributed by atoms with Crippen molar-refractivity contribution in [3.63, 3.8) is 0 Å². The second-order valence-corrected chi connectivity index (χ2v) is 7.35. The van der Waals surface area contributed by atoms with Gasteiger partial charge in [-0.1, -0.05) is 42.5 Å². The van der Waals surface area contributed by atoms with Crippen LogP contribution in [0.25, 0.3) is 10.8 Å². The first-order chi connectivity index (χ1) is 13.1. The van der Waals surface area contributed by atoms with Gasteiger partial charge in [-0.2, -0.15) is 0 Å². The van der Waals surface area contributed by atoms with Crippen molar-refractivity contribution in [2.45, 2.75) is 19.5 Å². The number of hydrogen-bond acceptors (Lipinski definition) is 4. The maximum atomic E-state index is 12.6. The largest absolute Gasteiger partial charge is 0.336 e. The fourth-order valence-corrected chi connectivity index (χ4v) is 4.04. The second-order valence-electron chi connectivity index (χ2n) is 7.35. The van der Waals surface area contributed by atoms with Crippen LogP contribution in [0.2, 0.25) is 0 Å². The average molecular weight is 366 g/mol. The topological polar surface area (TPSA) is 55.9 Å². The van der Waals surface area contributed by atoms with Gasteiger partial charge in [0.25, 0.3) is 0 Å². The van der Waals surface area contributed by atoms with E-state index in [0.29, 0.717) is 13.1 Å². The summed E-state index contributed by atoms with van der Waals surface area (Å²) in [6, 6.07) is 14.5. The lowest BCUT2D eigenvalue weighted by Gasteiger charge is -2.38. The van der Waals surface area contributed by atoms with Crippen LogP contribution in [-0.2, 0) is 11.3 Å². The molecule has 2 fully saturated rings. The lowest BCUT2D eigenvalue weighted by Crippen LogP contribution is -2.54. The maximum absolute atomic E-state index is 12.6. The highest BCUT2D eigenvalue weighted by Gasteiger charge is 2.33. The minimum atomic E-state index is -0.263. The van der Waals surface area contributed by atoms with Gasteiger partial charge in [0.15, 0.2) is 0 Å². The first-order valence-electron chi connectivity index (χ1n) is 9.66. The quantitative estimate of drug-likeness (QED) is 0.898. The molecule has 2 aromatic carbocycles. The van der Waals surface area contributed by atoms with Crippen LogP contribution in [-0.4, -0.2) is 71.9 Å². The Kier molecular flexibility index (Phi) is 5.09. The van der Waals surface area contributed by atoms with Crippen molar-refractivity contribution in [3.05, 3.63) is 48.0 Å². The van der Waals surface area contributed by atoms with E-state index < -0.39 is 0 Å². The third-order valence-electron chi connectivity index (χ3n) is 5.71. The van der Waals surface area contributed by atoms with E-state index in [1.807, 2.05) is 6.92 Å². The summed E-state index contributed by atoms with van der Waals surface area (Å²) in [5.41, 5.74) is 1.35. The highest BCUT2D eigenvalue weighted by molar-refractivity contribution is 5.98. The van der Waals surface area contributed by atoms with Crippen LogP contribution in [0.5, 0.6) is 0 Å². The van der Waals surface area contributed by atoms with Crippen molar-refractivity contribution in [1.82, 2.24) is 20.0 Å². The number of carbonyl (C=O) groups is 2. The minimum Gasteiger partial charge on any atom is -0.336 e. The molecule has 2 saturated heterocycles. The number of nitrogens with one attached hydrogen (secondary N) is 1. The van der Waals surface area contributed by atoms with E-state index in [0.717, 1.165) is 32.7 Å². The molecular weight excluding hydrogens is 340 g/mol. The predicted molar refractivity (Wildman–Crippen MR) is 105 cm³/mol. The Morgan fingerprint density at radius 3 is 2.52 bits per heavy atom. The van der Waals surface area contributed by atoms with E-state index >= 15 is 0 Å². The van der Waals surface area contributed by atoms with E-state index in [2.05, 4.69) is 57.6 Å². The molecular formula is C21H26N4O2. The van der Waals surface area contributed by atoms with E-state index in [1.165, 1.54) is 21.2 Å². The van der Waals surface area contributed by atoms with Crippen molar-refractivity contribution in [2.24, 2.45) is 0 Å². The molecule has 2 heterocycles. The Morgan fingerprint density at radius 1 is 1.04 bits per heavy atom. The van der Waals surface area contributed by atoms with Gasteiger partial charge in [0.2, 0.25) is 5.91 Å². The van der Waals surface area contributed by atoms with Gasteiger partial charge in [0.1, 0.15) is 0 Å². The number of piperazine rings is 1. The third-order valence-corrected chi connectivity index (χ3v) is 5.71. The summed E-state index contributed by atoms with van der Waals surface area (Å²) < 4.78 is 0. The summed E-state index contributed by atoms with van der Waals surface area (Å²) in [6.07, 6.45) is 0. The van der Waals surface area contributed by atoms with E-state index in [9.17, 15) is 9.59 Å². The van der Waals surface area contributed by atoms with Crippen LogP contribution in [0, 0.1) is 0 Å². The monoisotopic (exact) mass is 366 g/mol. The lowest BCUT2D eigenvalue weighted by molar-refractivity contribution is -0.133. The van der Waals surface area contributed by atoms with Gasteiger partial charge < -0.3 is 5.32 Å². The molecule has 2 aliphatic heterocycles. The van der Waals surface area contributed by atoms with Crippen molar-refractivity contribution in [1.29, 1.82) is 0 Å². The Hall–Kier alpha value is -2.44. The number of amides is 3. The average Bonchev–Trinajstić information content (AvgIpc) is 3.13. The fourth-order valence-electron chi connectivity index (χ4n) is 4.04. The van der Waals surface area contributed by atoms with E-state index in [4.69, 9.17) is 0 Å². The third kappa shape index (κ3) is 3.68. The molecule has 6 nitrogen and oxygen atoms in total. The summed E-state index contributed by atoms with van der Waals surface area (Å²) >= 11 is 0. The highest BCUT2D eigenvalue weighted by atomic mass is 16.2. The van der Waals surface area contributed by atoms with Crippen LogP contribution >= 0.6 is 0 Å². The summed E-state index contributed by atoms with van der Waals surface area (Å²) in [5, 5.41) is 5.28. The van der Waals surface area contributed by atoms with Crippen LogP contribution in [0.1, 0.15) is 12.5 Å². The highest BCUT2D eigenvalue weighted by Crippen LogP contribution is 2.21. The number of imide groups is 1. The number of rotatable bonds is 4. The summed E-state index contributed by atoms with van der Waals surface area (Å²) in [6.45, 7) is 7.39. The van der Waals surface area contributed by atoms with Crippen LogP contribution in [0.15, 0.2) is 42.5 Å². The lowest BCUT2D eigenvalue weighted by atomic mass is 10.0. The molecule has 1 N–H and O–H groups in total. The molecule has 2 aliphatic rings. The van der Waals surface area contributed by atoms with Gasteiger partial charge >= 0.3 is 6.03 Å². The molecule has 0 radical (unpaired) electrons. The first kappa shape index (κ1) is 17.9. The smallest absolute Gasteiger partial charge is 0.324 e. The number of carbonyl (C=O) groups excluding carboxylic acids is 2. The van der Waals surface area contributed by atoms with Crippen LogP contribution in [0.3, 0.4) is 0 Å². The molecule has 6 heteroatoms. The van der Waals surface area contributed by atoms with Crippen molar-refractivity contribution < 1.29 is 9.59 Å². The van der Waals surface area contributed by atoms with Crippen molar-refractivity contribution in [2.75, 3.05) is 39.3 Å². The summed E-state index contributed by atoms with van der Waals surface area (Å²) in [7, 11) is 0. The van der Waals surface area contributed by atoms with Crippen LogP contribution < -0.4 is 5.32 Å². The van der Waals surface area contributed by atoms with Gasteiger partial charge in [-0.25, -0.2) is 4.79 Å². The molecule has 1 atom stereocenters. The molecule has 0 unspecified atom stereocenters. The van der Waals surface area contributed by atoms with E-state index in [1.54, 1.807) is 0 Å². The number of hydrogen-bond donors (Lipinski definition) is 1. The molecule has 0 aromatic heterocycles. The zero-order valence-corrected chi connectivity index (χ0v) is 15.7. The normalized spacial score (nSPS) is 20.0. The zero-order valence-electron chi connectivity index (χ0n) is 15.7. The Labute approximate surface area is 159 Å². The summed E-state index contributed by atoms with van der Waals surface area (Å²) in [5.74, 6) is -0.0903. The predicted octanol–water partition coefficient (Wildman–Crippen LogP) is 1.90. The summed E-state index contributed by atoms with van der Waals surface area (Å²) in [4.78, 5) is 30.3. The number of benzene rings is 2. The van der Waals surface area contributed by atoms with E-state index in [-0.39, 0.29) is 18.0 Å². The molecule has 0 aliphatic carbocycles. The SMILES string of the molecule is C[C@@H](C(=O)N1CCNC1=O)N1CCN(Cc2cccc3ccccc23)CC1. The molecule has 142 valence electrons. The number of urea groups is 1. The second kappa shape index (κ2) is 7.66. The minimum absolute atomic E-state index is 0.0903. The first-order valence-corrected chi connectivity index (χ1v) is 9.66. The molecule has 27 heavy (non-hydrogen) atoms. The van der Waals surface area contributed by atoms with Crippen LogP contribution in [0.4, 0.5) is 4.79 Å². The van der Waals surface area contributed by atoms with Gasteiger partial charge in [-0.05, 0) is 23.3 Å². The Bertz CT molecular complexity index is 840. The number of fused-ring (bicyclic) bond motifs is 1. The van der Waals surface area contributed by atoms with Crippen molar-refractivity contribution >= 4 is 22.7 Å². The fraction of sp³-hybridized carbons (Fsp3) is 0.429. The van der Waals surface area contributed by atoms with Crippen molar-refractivity contribution in [3.8, 4) is 0 Å². The molecule has 3 amide bonds. The van der Waals surface area contributed by atoms with Gasteiger partial charge in [-0.3, -0.25) is 19.5 Å². The molecule has 4 rings (SSSR count).